The van der Waals surface area contributed by atoms with Gasteiger partial charge in [0.2, 0.25) is 15.0 Å². The minimum Gasteiger partial charge on any atom is -0.310 e. The van der Waals surface area contributed by atoms with E-state index in [2.05, 4.69) is 15.9 Å². The number of benzene rings is 1. The van der Waals surface area contributed by atoms with Crippen molar-refractivity contribution in [3.05, 3.63) is 28.5 Å². The molecule has 1 aromatic rings. The highest BCUT2D eigenvalue weighted by molar-refractivity contribution is 9.10. The van der Waals surface area contributed by atoms with Gasteiger partial charge in [0, 0.05) is 28.1 Å². The summed E-state index contributed by atoms with van der Waals surface area (Å²) < 4.78 is 36.1. The summed E-state index contributed by atoms with van der Waals surface area (Å²) in [6, 6.07) is 3.87. The molecule has 8 heteroatoms. The van der Waals surface area contributed by atoms with Gasteiger partial charge in [0.05, 0.1) is 5.69 Å². The second-order valence-electron chi connectivity index (χ2n) is 3.90. The predicted octanol–water partition coefficient (Wildman–Crippen LogP) is 2.26. The zero-order valence-electron chi connectivity index (χ0n) is 8.94. The van der Waals surface area contributed by atoms with Gasteiger partial charge in [-0.05, 0) is 34.1 Å². The van der Waals surface area contributed by atoms with Crippen LogP contribution in [0.25, 0.3) is 0 Å². The zero-order valence-corrected chi connectivity index (χ0v) is 12.1. The first-order valence-electron chi connectivity index (χ1n) is 4.98. The van der Waals surface area contributed by atoms with Gasteiger partial charge in [0.1, 0.15) is 11.1 Å². The quantitative estimate of drug-likeness (QED) is 0.764. The highest BCUT2D eigenvalue weighted by Crippen LogP contribution is 2.32. The summed E-state index contributed by atoms with van der Waals surface area (Å²) in [6.45, 7) is -0.0628. The summed E-state index contributed by atoms with van der Waals surface area (Å²) in [5, 5.41) is -0.957. The summed E-state index contributed by atoms with van der Waals surface area (Å²) >= 11 is 3.20. The first-order valence-corrected chi connectivity index (χ1v) is 8.14. The molecule has 1 aliphatic heterocycles. The van der Waals surface area contributed by atoms with Crippen LogP contribution in [-0.4, -0.2) is 26.1 Å². The molecule has 1 aliphatic rings. The molecule has 1 heterocycles. The smallest absolute Gasteiger partial charge is 0.237 e. The van der Waals surface area contributed by atoms with Gasteiger partial charge < -0.3 is 4.90 Å². The molecule has 0 N–H and O–H groups in total. The van der Waals surface area contributed by atoms with E-state index in [0.29, 0.717) is 10.2 Å². The number of amides is 1. The second kappa shape index (κ2) is 4.79. The molecule has 1 aromatic carbocycles. The SMILES string of the molecule is O=C1CC(S(=O)(=O)Cl)CN1c1cc(F)ccc1Br. The predicted molar refractivity (Wildman–Crippen MR) is 69.6 cm³/mol. The van der Waals surface area contributed by atoms with Crippen molar-refractivity contribution < 1.29 is 17.6 Å². The summed E-state index contributed by atoms with van der Waals surface area (Å²) in [6.07, 6.45) is -0.186. The van der Waals surface area contributed by atoms with E-state index in [-0.39, 0.29) is 13.0 Å². The van der Waals surface area contributed by atoms with Crippen LogP contribution in [0.4, 0.5) is 10.1 Å². The standard InChI is InChI=1S/C10H8BrClFNO3S/c11-8-2-1-6(13)3-9(8)14-5-7(4-10(14)15)18(12,16)17/h1-3,7H,4-5H2. The lowest BCUT2D eigenvalue weighted by Gasteiger charge is -2.17. The van der Waals surface area contributed by atoms with Crippen LogP contribution in [0.15, 0.2) is 22.7 Å². The molecule has 98 valence electrons. The van der Waals surface area contributed by atoms with E-state index >= 15 is 0 Å². The molecule has 4 nitrogen and oxygen atoms in total. The lowest BCUT2D eigenvalue weighted by molar-refractivity contribution is -0.117. The largest absolute Gasteiger partial charge is 0.310 e. The molecule has 0 bridgehead atoms. The van der Waals surface area contributed by atoms with Crippen molar-refractivity contribution in [2.75, 3.05) is 11.4 Å². The van der Waals surface area contributed by atoms with Crippen molar-refractivity contribution >= 4 is 47.3 Å². The Morgan fingerprint density at radius 1 is 1.44 bits per heavy atom. The molecule has 18 heavy (non-hydrogen) atoms. The third-order valence-electron chi connectivity index (χ3n) is 2.69. The molecular weight excluding hydrogens is 349 g/mol. The van der Waals surface area contributed by atoms with Crippen molar-refractivity contribution in [1.82, 2.24) is 0 Å². The molecule has 0 aliphatic carbocycles. The van der Waals surface area contributed by atoms with Crippen molar-refractivity contribution in [1.29, 1.82) is 0 Å². The number of hydrogen-bond donors (Lipinski definition) is 0. The fraction of sp³-hybridized carbons (Fsp3) is 0.300. The van der Waals surface area contributed by atoms with Crippen LogP contribution in [0.1, 0.15) is 6.42 Å². The van der Waals surface area contributed by atoms with Gasteiger partial charge in [-0.2, -0.15) is 0 Å². The molecule has 0 saturated carbocycles. The van der Waals surface area contributed by atoms with Gasteiger partial charge in [-0.15, -0.1) is 0 Å². The Morgan fingerprint density at radius 2 is 2.11 bits per heavy atom. The van der Waals surface area contributed by atoms with E-state index in [1.54, 1.807) is 0 Å². The Bertz CT molecular complexity index is 607. The van der Waals surface area contributed by atoms with E-state index in [1.807, 2.05) is 0 Å². The van der Waals surface area contributed by atoms with E-state index in [0.717, 1.165) is 0 Å². The Hall–Kier alpha value is -0.660. The number of nitrogens with zero attached hydrogens (tertiary/aromatic N) is 1. The average molecular weight is 357 g/mol. The molecule has 1 saturated heterocycles. The average Bonchev–Trinajstić information content (AvgIpc) is 2.64. The first-order chi connectivity index (χ1) is 8.29. The number of rotatable bonds is 2. The van der Waals surface area contributed by atoms with Crippen LogP contribution in [0, 0.1) is 5.82 Å². The van der Waals surface area contributed by atoms with Gasteiger partial charge in [0.15, 0.2) is 0 Å². The van der Waals surface area contributed by atoms with Gasteiger partial charge in [0.25, 0.3) is 0 Å². The highest BCUT2D eigenvalue weighted by Gasteiger charge is 2.38. The van der Waals surface area contributed by atoms with E-state index < -0.39 is 26.0 Å². The monoisotopic (exact) mass is 355 g/mol. The number of carbonyl (C=O) groups excluding carboxylic acids is 1. The van der Waals surface area contributed by atoms with Crippen LogP contribution in [0.2, 0.25) is 0 Å². The minimum atomic E-state index is -3.80. The van der Waals surface area contributed by atoms with Gasteiger partial charge in [-0.1, -0.05) is 0 Å². The molecule has 1 amide bonds. The summed E-state index contributed by atoms with van der Waals surface area (Å²) in [4.78, 5) is 13.0. The number of carbonyl (C=O) groups is 1. The number of anilines is 1. The van der Waals surface area contributed by atoms with Gasteiger partial charge in [-0.25, -0.2) is 12.8 Å². The van der Waals surface area contributed by atoms with Crippen LogP contribution >= 0.6 is 26.6 Å². The molecule has 1 fully saturated rings. The fourth-order valence-electron chi connectivity index (χ4n) is 1.79. The Labute approximate surface area is 116 Å². The Morgan fingerprint density at radius 3 is 2.67 bits per heavy atom. The van der Waals surface area contributed by atoms with E-state index in [1.165, 1.54) is 23.1 Å². The highest BCUT2D eigenvalue weighted by atomic mass is 79.9. The maximum absolute atomic E-state index is 13.2. The third-order valence-corrected chi connectivity index (χ3v) is 5.23. The van der Waals surface area contributed by atoms with Gasteiger partial charge >= 0.3 is 0 Å². The summed E-state index contributed by atoms with van der Waals surface area (Å²) in [5.41, 5.74) is 0.308. The first kappa shape index (κ1) is 13.8. The van der Waals surface area contributed by atoms with Crippen molar-refractivity contribution in [2.45, 2.75) is 11.7 Å². The normalized spacial score (nSPS) is 20.5. The lowest BCUT2D eigenvalue weighted by Crippen LogP contribution is -2.27. The lowest BCUT2D eigenvalue weighted by atomic mass is 10.3. The zero-order chi connectivity index (χ0) is 13.5. The maximum Gasteiger partial charge on any atom is 0.237 e. The number of halogens is 3. The summed E-state index contributed by atoms with van der Waals surface area (Å²) in [5.74, 6) is -0.895. The van der Waals surface area contributed by atoms with E-state index in [4.69, 9.17) is 10.7 Å². The van der Waals surface area contributed by atoms with Crippen LogP contribution in [-0.2, 0) is 13.8 Å². The molecule has 2 rings (SSSR count). The molecular formula is C10H8BrClFNO3S. The minimum absolute atomic E-state index is 0.0628. The van der Waals surface area contributed by atoms with Crippen LogP contribution in [0.3, 0.4) is 0 Å². The molecule has 0 radical (unpaired) electrons. The maximum atomic E-state index is 13.2. The molecule has 0 spiro atoms. The van der Waals surface area contributed by atoms with E-state index in [9.17, 15) is 17.6 Å². The third kappa shape index (κ3) is 2.67. The van der Waals surface area contributed by atoms with Crippen molar-refractivity contribution in [3.8, 4) is 0 Å². The molecule has 1 atom stereocenters. The molecule has 1 unspecified atom stereocenters. The van der Waals surface area contributed by atoms with Crippen molar-refractivity contribution in [3.63, 3.8) is 0 Å². The summed E-state index contributed by atoms with van der Waals surface area (Å²) in [7, 11) is 1.44. The number of hydrogen-bond acceptors (Lipinski definition) is 3. The second-order valence-corrected chi connectivity index (χ2v) is 7.66. The van der Waals surface area contributed by atoms with Crippen LogP contribution < -0.4 is 4.90 Å². The van der Waals surface area contributed by atoms with Crippen molar-refractivity contribution in [2.24, 2.45) is 0 Å². The van der Waals surface area contributed by atoms with Crippen LogP contribution in [0.5, 0.6) is 0 Å². The topological polar surface area (TPSA) is 54.5 Å². The van der Waals surface area contributed by atoms with Gasteiger partial charge in [-0.3, -0.25) is 4.79 Å². The fourth-order valence-corrected chi connectivity index (χ4v) is 3.28. The Balaban J connectivity index is 2.35. The molecule has 0 aromatic heterocycles. The Kier molecular flexibility index (Phi) is 3.66.